The molecule has 0 saturated carbocycles. The molecule has 0 radical (unpaired) electrons. The predicted molar refractivity (Wildman–Crippen MR) is 58.3 cm³/mol. The second-order valence-electron chi connectivity index (χ2n) is 3.30. The molecule has 0 aromatic heterocycles. The van der Waals surface area contributed by atoms with Crippen molar-refractivity contribution in [2.75, 3.05) is 19.7 Å². The molecule has 0 N–H and O–H groups in total. The van der Waals surface area contributed by atoms with Crippen molar-refractivity contribution in [3.8, 4) is 0 Å². The van der Waals surface area contributed by atoms with Gasteiger partial charge >= 0.3 is 5.97 Å². The summed E-state index contributed by atoms with van der Waals surface area (Å²) in [6.07, 6.45) is 1.90. The largest absolute Gasteiger partial charge is 0.465 e. The van der Waals surface area contributed by atoms with E-state index in [2.05, 4.69) is 18.7 Å². The molecule has 0 saturated heterocycles. The summed E-state index contributed by atoms with van der Waals surface area (Å²) >= 11 is 0. The summed E-state index contributed by atoms with van der Waals surface area (Å²) < 4.78 is 5.04. The molecule has 3 heteroatoms. The molecule has 0 aromatic rings. The van der Waals surface area contributed by atoms with Gasteiger partial charge in [0.2, 0.25) is 0 Å². The lowest BCUT2D eigenvalue weighted by Gasteiger charge is -2.27. The second kappa shape index (κ2) is 7.80. The summed E-state index contributed by atoms with van der Waals surface area (Å²) in [5.41, 5.74) is 0. The Kier molecular flexibility index (Phi) is 7.48. The number of likely N-dealkylation sites (N-methyl/N-ethyl adjacent to an activating group) is 1. The van der Waals surface area contributed by atoms with Gasteiger partial charge in [-0.05, 0) is 32.9 Å². The Labute approximate surface area is 87.4 Å². The van der Waals surface area contributed by atoms with Crippen molar-refractivity contribution in [3.05, 3.63) is 0 Å². The fourth-order valence-electron chi connectivity index (χ4n) is 1.63. The third kappa shape index (κ3) is 4.09. The van der Waals surface area contributed by atoms with Gasteiger partial charge in [0.05, 0.1) is 6.61 Å². The van der Waals surface area contributed by atoms with Crippen molar-refractivity contribution in [2.24, 2.45) is 0 Å². The van der Waals surface area contributed by atoms with Crippen LogP contribution in [0.4, 0.5) is 0 Å². The first-order chi connectivity index (χ1) is 6.71. The van der Waals surface area contributed by atoms with Crippen LogP contribution in [0.25, 0.3) is 0 Å². The minimum absolute atomic E-state index is 0.0556. The number of esters is 1. The smallest absolute Gasteiger partial charge is 0.323 e. The molecule has 0 aliphatic carbocycles. The molecular weight excluding hydrogens is 178 g/mol. The molecule has 0 bridgehead atoms. The first-order valence-electron chi connectivity index (χ1n) is 5.61. The van der Waals surface area contributed by atoms with Crippen LogP contribution in [0.5, 0.6) is 0 Å². The molecule has 84 valence electrons. The molecule has 0 amide bonds. The van der Waals surface area contributed by atoms with Gasteiger partial charge in [0, 0.05) is 0 Å². The summed E-state index contributed by atoms with van der Waals surface area (Å²) in [5.74, 6) is -0.0784. The average molecular weight is 201 g/mol. The van der Waals surface area contributed by atoms with Crippen LogP contribution in [0.1, 0.15) is 40.5 Å². The zero-order chi connectivity index (χ0) is 11.0. The van der Waals surface area contributed by atoms with Gasteiger partial charge in [0.25, 0.3) is 0 Å². The van der Waals surface area contributed by atoms with Crippen LogP contribution in [-0.2, 0) is 9.53 Å². The Balaban J connectivity index is 4.26. The van der Waals surface area contributed by atoms with Crippen LogP contribution in [-0.4, -0.2) is 36.6 Å². The van der Waals surface area contributed by atoms with Crippen LogP contribution >= 0.6 is 0 Å². The van der Waals surface area contributed by atoms with Gasteiger partial charge in [-0.25, -0.2) is 0 Å². The topological polar surface area (TPSA) is 29.5 Å². The third-order valence-electron chi connectivity index (χ3n) is 2.30. The van der Waals surface area contributed by atoms with E-state index in [4.69, 9.17) is 4.74 Å². The second-order valence-corrected chi connectivity index (χ2v) is 3.30. The fourth-order valence-corrected chi connectivity index (χ4v) is 1.63. The van der Waals surface area contributed by atoms with Gasteiger partial charge in [-0.2, -0.15) is 0 Å². The van der Waals surface area contributed by atoms with Gasteiger partial charge < -0.3 is 4.74 Å². The molecule has 3 nitrogen and oxygen atoms in total. The van der Waals surface area contributed by atoms with Gasteiger partial charge in [0.15, 0.2) is 0 Å². The van der Waals surface area contributed by atoms with E-state index in [9.17, 15) is 4.79 Å². The SMILES string of the molecule is CCCN(CC)C(CC)C(=O)OCC. The van der Waals surface area contributed by atoms with E-state index >= 15 is 0 Å². The maximum atomic E-state index is 11.6. The highest BCUT2D eigenvalue weighted by Crippen LogP contribution is 2.07. The van der Waals surface area contributed by atoms with E-state index in [1.54, 1.807) is 0 Å². The maximum absolute atomic E-state index is 11.6. The Morgan fingerprint density at radius 2 is 1.93 bits per heavy atom. The van der Waals surface area contributed by atoms with Crippen molar-refractivity contribution in [1.29, 1.82) is 0 Å². The molecular formula is C11H23NO2. The van der Waals surface area contributed by atoms with Crippen LogP contribution < -0.4 is 0 Å². The van der Waals surface area contributed by atoms with Crippen molar-refractivity contribution in [3.63, 3.8) is 0 Å². The van der Waals surface area contributed by atoms with Gasteiger partial charge in [-0.1, -0.05) is 20.8 Å². The summed E-state index contributed by atoms with van der Waals surface area (Å²) in [6, 6.07) is -0.0556. The van der Waals surface area contributed by atoms with Crippen molar-refractivity contribution in [1.82, 2.24) is 4.90 Å². The van der Waals surface area contributed by atoms with Crippen molar-refractivity contribution in [2.45, 2.75) is 46.6 Å². The Morgan fingerprint density at radius 1 is 1.29 bits per heavy atom. The lowest BCUT2D eigenvalue weighted by Crippen LogP contribution is -2.42. The standard InChI is InChI=1S/C11H23NO2/c1-5-9-12(7-3)10(6-2)11(13)14-8-4/h10H,5-9H2,1-4H3. The quantitative estimate of drug-likeness (QED) is 0.590. The predicted octanol–water partition coefficient (Wildman–Crippen LogP) is 2.06. The first-order valence-corrected chi connectivity index (χ1v) is 5.61. The fraction of sp³-hybridized carbons (Fsp3) is 0.909. The minimum atomic E-state index is -0.0784. The number of hydrogen-bond donors (Lipinski definition) is 0. The molecule has 1 unspecified atom stereocenters. The van der Waals surface area contributed by atoms with Gasteiger partial charge in [-0.3, -0.25) is 9.69 Å². The van der Waals surface area contributed by atoms with E-state index < -0.39 is 0 Å². The summed E-state index contributed by atoms with van der Waals surface area (Å²) in [4.78, 5) is 13.8. The number of ether oxygens (including phenoxy) is 1. The van der Waals surface area contributed by atoms with Crippen LogP contribution in [0, 0.1) is 0 Å². The first kappa shape index (κ1) is 13.4. The minimum Gasteiger partial charge on any atom is -0.465 e. The summed E-state index contributed by atoms with van der Waals surface area (Å²) in [5, 5.41) is 0. The van der Waals surface area contributed by atoms with E-state index in [1.165, 1.54) is 0 Å². The lowest BCUT2D eigenvalue weighted by atomic mass is 10.2. The zero-order valence-corrected chi connectivity index (χ0v) is 9.88. The summed E-state index contributed by atoms with van der Waals surface area (Å²) in [6.45, 7) is 10.4. The number of rotatable bonds is 7. The lowest BCUT2D eigenvalue weighted by molar-refractivity contribution is -0.149. The number of nitrogens with zero attached hydrogens (tertiary/aromatic N) is 1. The molecule has 0 aliphatic rings. The normalized spacial score (nSPS) is 12.9. The highest BCUT2D eigenvalue weighted by Gasteiger charge is 2.23. The van der Waals surface area contributed by atoms with Crippen LogP contribution in [0.15, 0.2) is 0 Å². The monoisotopic (exact) mass is 201 g/mol. The molecule has 1 atom stereocenters. The number of carbonyl (C=O) groups excluding carboxylic acids is 1. The molecule has 0 spiro atoms. The van der Waals surface area contributed by atoms with E-state index in [0.717, 1.165) is 25.9 Å². The molecule has 0 fully saturated rings. The molecule has 0 heterocycles. The molecule has 0 aromatic carbocycles. The molecule has 0 aliphatic heterocycles. The Bertz CT molecular complexity index is 159. The molecule has 0 rings (SSSR count). The Hall–Kier alpha value is -0.570. The van der Waals surface area contributed by atoms with Gasteiger partial charge in [-0.15, -0.1) is 0 Å². The van der Waals surface area contributed by atoms with Crippen LogP contribution in [0.2, 0.25) is 0 Å². The average Bonchev–Trinajstić information content (AvgIpc) is 2.18. The highest BCUT2D eigenvalue weighted by atomic mass is 16.5. The Morgan fingerprint density at radius 3 is 2.29 bits per heavy atom. The van der Waals surface area contributed by atoms with Crippen molar-refractivity contribution < 1.29 is 9.53 Å². The van der Waals surface area contributed by atoms with E-state index in [-0.39, 0.29) is 12.0 Å². The molecule has 14 heavy (non-hydrogen) atoms. The van der Waals surface area contributed by atoms with E-state index in [0.29, 0.717) is 6.61 Å². The zero-order valence-electron chi connectivity index (χ0n) is 9.88. The van der Waals surface area contributed by atoms with Crippen LogP contribution in [0.3, 0.4) is 0 Å². The number of carbonyl (C=O) groups is 1. The van der Waals surface area contributed by atoms with Crippen molar-refractivity contribution >= 4 is 5.97 Å². The number of hydrogen-bond acceptors (Lipinski definition) is 3. The highest BCUT2D eigenvalue weighted by molar-refractivity contribution is 5.75. The maximum Gasteiger partial charge on any atom is 0.323 e. The van der Waals surface area contributed by atoms with Gasteiger partial charge in [0.1, 0.15) is 6.04 Å². The third-order valence-corrected chi connectivity index (χ3v) is 2.30. The summed E-state index contributed by atoms with van der Waals surface area (Å²) in [7, 11) is 0. The van der Waals surface area contributed by atoms with E-state index in [1.807, 2.05) is 13.8 Å².